The minimum Gasteiger partial charge on any atom is -0.484 e. The van der Waals surface area contributed by atoms with Crippen molar-refractivity contribution in [3.8, 4) is 5.75 Å². The number of fused-ring (bicyclic) bond motifs is 1. The van der Waals surface area contributed by atoms with Crippen molar-refractivity contribution in [1.29, 1.82) is 0 Å². The van der Waals surface area contributed by atoms with E-state index in [1.165, 1.54) is 0 Å². The fourth-order valence-corrected chi connectivity index (χ4v) is 2.27. The third kappa shape index (κ3) is 3.09. The van der Waals surface area contributed by atoms with Crippen LogP contribution in [0.1, 0.15) is 11.3 Å². The van der Waals surface area contributed by atoms with E-state index in [-0.39, 0.29) is 12.5 Å². The number of ether oxygens (including phenoxy) is 1. The second kappa shape index (κ2) is 5.89. The molecule has 0 saturated heterocycles. The van der Waals surface area contributed by atoms with Crippen molar-refractivity contribution < 1.29 is 9.53 Å². The molecule has 0 saturated carbocycles. The van der Waals surface area contributed by atoms with Crippen LogP contribution in [0.15, 0.2) is 48.8 Å². The quantitative estimate of drug-likeness (QED) is 0.805. The van der Waals surface area contributed by atoms with E-state index in [4.69, 9.17) is 4.74 Å². The van der Waals surface area contributed by atoms with Crippen LogP contribution < -0.4 is 10.1 Å². The summed E-state index contributed by atoms with van der Waals surface area (Å²) in [6.45, 7) is 3.86. The highest BCUT2D eigenvalue weighted by Gasteiger charge is 2.08. The number of carbonyl (C=O) groups is 1. The third-order valence-electron chi connectivity index (χ3n) is 3.24. The Bertz CT molecular complexity index is 824. The van der Waals surface area contributed by atoms with E-state index in [1.807, 2.05) is 67.0 Å². The highest BCUT2D eigenvalue weighted by molar-refractivity contribution is 5.95. The fourth-order valence-electron chi connectivity index (χ4n) is 2.27. The summed E-state index contributed by atoms with van der Waals surface area (Å²) in [4.78, 5) is 16.5. The first-order valence-electron chi connectivity index (χ1n) is 7.05. The van der Waals surface area contributed by atoms with E-state index in [1.54, 1.807) is 0 Å². The fraction of sp³-hybridized carbons (Fsp3) is 0.176. The lowest BCUT2D eigenvalue weighted by Crippen LogP contribution is -2.20. The molecule has 0 aliphatic heterocycles. The number of nitrogens with one attached hydrogen (secondary N) is 1. The van der Waals surface area contributed by atoms with Crippen LogP contribution in [0.2, 0.25) is 0 Å². The summed E-state index contributed by atoms with van der Waals surface area (Å²) in [6.07, 6.45) is 3.81. The third-order valence-corrected chi connectivity index (χ3v) is 3.24. The molecule has 22 heavy (non-hydrogen) atoms. The van der Waals surface area contributed by atoms with Gasteiger partial charge in [0.15, 0.2) is 12.3 Å². The van der Waals surface area contributed by atoms with Crippen molar-refractivity contribution in [1.82, 2.24) is 9.38 Å². The van der Waals surface area contributed by atoms with Crippen molar-refractivity contribution >= 4 is 17.2 Å². The van der Waals surface area contributed by atoms with E-state index >= 15 is 0 Å². The van der Waals surface area contributed by atoms with Crippen LogP contribution in [0.5, 0.6) is 5.75 Å². The normalized spacial score (nSPS) is 10.6. The van der Waals surface area contributed by atoms with Crippen LogP contribution in [0.3, 0.4) is 0 Å². The van der Waals surface area contributed by atoms with Gasteiger partial charge in [0.1, 0.15) is 5.75 Å². The number of benzene rings is 1. The molecule has 0 spiro atoms. The summed E-state index contributed by atoms with van der Waals surface area (Å²) in [7, 11) is 0. The number of hydrogen-bond donors (Lipinski definition) is 1. The molecule has 0 unspecified atom stereocenters. The van der Waals surface area contributed by atoms with Crippen molar-refractivity contribution in [3.63, 3.8) is 0 Å². The van der Waals surface area contributed by atoms with Gasteiger partial charge in [0.25, 0.3) is 5.91 Å². The molecule has 3 rings (SSSR count). The van der Waals surface area contributed by atoms with Crippen molar-refractivity contribution in [2.45, 2.75) is 13.8 Å². The topological polar surface area (TPSA) is 55.6 Å². The standard InChI is InChI=1S/C17H17N3O2/c1-12-5-3-6-14(9-12)22-11-16(21)19-15-7-4-8-20-10-13(2)18-17(15)20/h3-10H,11H2,1-2H3,(H,19,21). The number of anilines is 1. The number of amides is 1. The first-order valence-corrected chi connectivity index (χ1v) is 7.05. The Morgan fingerprint density at radius 1 is 1.27 bits per heavy atom. The van der Waals surface area contributed by atoms with Gasteiger partial charge in [0.05, 0.1) is 11.4 Å². The zero-order chi connectivity index (χ0) is 15.5. The average molecular weight is 295 g/mol. The SMILES string of the molecule is Cc1cccc(OCC(=O)Nc2cccn3cc(C)nc23)c1. The van der Waals surface area contributed by atoms with Gasteiger partial charge < -0.3 is 14.5 Å². The van der Waals surface area contributed by atoms with Crippen molar-refractivity contribution in [2.24, 2.45) is 0 Å². The van der Waals surface area contributed by atoms with Gasteiger partial charge in [-0.25, -0.2) is 4.98 Å². The van der Waals surface area contributed by atoms with Gasteiger partial charge in [0, 0.05) is 12.4 Å². The largest absolute Gasteiger partial charge is 0.484 e. The number of aryl methyl sites for hydroxylation is 2. The molecule has 0 atom stereocenters. The predicted octanol–water partition coefficient (Wildman–Crippen LogP) is 2.97. The maximum Gasteiger partial charge on any atom is 0.262 e. The van der Waals surface area contributed by atoms with Crippen molar-refractivity contribution in [3.05, 3.63) is 60.0 Å². The molecule has 0 aliphatic carbocycles. The summed E-state index contributed by atoms with van der Waals surface area (Å²) in [5.74, 6) is 0.472. The Hall–Kier alpha value is -2.82. The van der Waals surface area contributed by atoms with Gasteiger partial charge in [-0.1, -0.05) is 12.1 Å². The smallest absolute Gasteiger partial charge is 0.262 e. The van der Waals surface area contributed by atoms with E-state index in [0.717, 1.165) is 16.9 Å². The summed E-state index contributed by atoms with van der Waals surface area (Å²) < 4.78 is 7.38. The van der Waals surface area contributed by atoms with Crippen molar-refractivity contribution in [2.75, 3.05) is 11.9 Å². The maximum atomic E-state index is 12.0. The summed E-state index contributed by atoms with van der Waals surface area (Å²) in [5, 5.41) is 2.84. The van der Waals surface area contributed by atoms with Crippen LogP contribution in [0, 0.1) is 13.8 Å². The molecule has 1 amide bonds. The lowest BCUT2D eigenvalue weighted by Gasteiger charge is -2.08. The van der Waals surface area contributed by atoms with E-state index in [2.05, 4.69) is 10.3 Å². The van der Waals surface area contributed by atoms with Gasteiger partial charge in [-0.3, -0.25) is 4.79 Å². The highest BCUT2D eigenvalue weighted by Crippen LogP contribution is 2.16. The molecule has 1 N–H and O–H groups in total. The monoisotopic (exact) mass is 295 g/mol. The molecular weight excluding hydrogens is 278 g/mol. The Morgan fingerprint density at radius 2 is 2.14 bits per heavy atom. The maximum absolute atomic E-state index is 12.0. The molecular formula is C17H17N3O2. The number of imidazole rings is 1. The van der Waals surface area contributed by atoms with E-state index in [0.29, 0.717) is 11.4 Å². The molecule has 112 valence electrons. The molecule has 2 aromatic heterocycles. The number of pyridine rings is 1. The molecule has 2 heterocycles. The second-order valence-corrected chi connectivity index (χ2v) is 5.19. The number of aromatic nitrogens is 2. The van der Waals surface area contributed by atoms with Crippen LogP contribution in [0.25, 0.3) is 5.65 Å². The van der Waals surface area contributed by atoms with Gasteiger partial charge in [0.2, 0.25) is 0 Å². The molecule has 0 bridgehead atoms. The lowest BCUT2D eigenvalue weighted by atomic mass is 10.2. The molecule has 0 radical (unpaired) electrons. The minimum absolute atomic E-state index is 0.0375. The Morgan fingerprint density at radius 3 is 2.95 bits per heavy atom. The van der Waals surface area contributed by atoms with E-state index < -0.39 is 0 Å². The number of carbonyl (C=O) groups excluding carboxylic acids is 1. The van der Waals surface area contributed by atoms with Gasteiger partial charge >= 0.3 is 0 Å². The second-order valence-electron chi connectivity index (χ2n) is 5.19. The predicted molar refractivity (Wildman–Crippen MR) is 85.2 cm³/mol. The molecule has 5 nitrogen and oxygen atoms in total. The zero-order valence-corrected chi connectivity index (χ0v) is 12.5. The average Bonchev–Trinajstić information content (AvgIpc) is 2.87. The molecule has 5 heteroatoms. The molecule has 0 aliphatic rings. The highest BCUT2D eigenvalue weighted by atomic mass is 16.5. The Kier molecular flexibility index (Phi) is 3.78. The summed E-state index contributed by atoms with van der Waals surface area (Å²) >= 11 is 0. The first-order chi connectivity index (χ1) is 10.6. The number of hydrogen-bond acceptors (Lipinski definition) is 3. The number of rotatable bonds is 4. The van der Waals surface area contributed by atoms with Crippen LogP contribution in [0.4, 0.5) is 5.69 Å². The Balaban J connectivity index is 1.68. The van der Waals surface area contributed by atoms with E-state index in [9.17, 15) is 4.79 Å². The minimum atomic E-state index is -0.213. The molecule has 3 aromatic rings. The number of nitrogens with zero attached hydrogens (tertiary/aromatic N) is 2. The first kappa shape index (κ1) is 14.1. The van der Waals surface area contributed by atoms with Gasteiger partial charge in [-0.05, 0) is 43.7 Å². The summed E-state index contributed by atoms with van der Waals surface area (Å²) in [6, 6.07) is 11.3. The summed E-state index contributed by atoms with van der Waals surface area (Å²) in [5.41, 5.74) is 3.39. The van der Waals surface area contributed by atoms with Gasteiger partial charge in [-0.2, -0.15) is 0 Å². The lowest BCUT2D eigenvalue weighted by molar-refractivity contribution is -0.118. The van der Waals surface area contributed by atoms with Crippen LogP contribution >= 0.6 is 0 Å². The molecule has 0 fully saturated rings. The Labute approximate surface area is 128 Å². The van der Waals surface area contributed by atoms with Crippen LogP contribution in [-0.2, 0) is 4.79 Å². The molecule has 1 aromatic carbocycles. The van der Waals surface area contributed by atoms with Gasteiger partial charge in [-0.15, -0.1) is 0 Å². The van der Waals surface area contributed by atoms with Crippen LogP contribution in [-0.4, -0.2) is 21.9 Å². The zero-order valence-electron chi connectivity index (χ0n) is 12.5.